The minimum atomic E-state index is -0.755. The molecule has 1 aromatic heterocycles. The Kier molecular flexibility index (Phi) is 8.15. The van der Waals surface area contributed by atoms with Gasteiger partial charge in [-0.2, -0.15) is 5.26 Å². The summed E-state index contributed by atoms with van der Waals surface area (Å²) in [4.78, 5) is 24.3. The number of guanidine groups is 1. The Bertz CT molecular complexity index is 1560. The van der Waals surface area contributed by atoms with E-state index < -0.39 is 6.16 Å². The van der Waals surface area contributed by atoms with Gasteiger partial charge >= 0.3 is 6.16 Å². The molecule has 200 valence electrons. The van der Waals surface area contributed by atoms with Gasteiger partial charge in [0.05, 0.1) is 18.1 Å². The summed E-state index contributed by atoms with van der Waals surface area (Å²) in [6.07, 6.45) is 1.93. The maximum Gasteiger partial charge on any atom is 0.513 e. The molecule has 4 rings (SSSR count). The van der Waals surface area contributed by atoms with Crippen molar-refractivity contribution in [3.05, 3.63) is 77.6 Å². The van der Waals surface area contributed by atoms with Crippen molar-refractivity contribution in [1.82, 2.24) is 14.5 Å². The van der Waals surface area contributed by atoms with E-state index in [2.05, 4.69) is 52.4 Å². The highest BCUT2D eigenvalue weighted by atomic mass is 16.7. The zero-order chi connectivity index (χ0) is 28.1. The molecule has 0 aliphatic rings. The second-order valence-corrected chi connectivity index (χ2v) is 9.31. The molecule has 0 saturated carbocycles. The number of aromatic nitrogens is 2. The van der Waals surface area contributed by atoms with Crippen LogP contribution >= 0.6 is 0 Å². The van der Waals surface area contributed by atoms with E-state index in [-0.39, 0.29) is 0 Å². The number of anilines is 1. The average molecular weight is 525 g/mol. The van der Waals surface area contributed by atoms with Crippen LogP contribution in [0.25, 0.3) is 22.2 Å². The topological polar surface area (TPSA) is 96.0 Å². The Morgan fingerprint density at radius 3 is 2.46 bits per heavy atom. The third kappa shape index (κ3) is 5.70. The lowest BCUT2D eigenvalue weighted by molar-refractivity contribution is 0.121. The average Bonchev–Trinajstić information content (AvgIpc) is 3.29. The first-order valence-electron chi connectivity index (χ1n) is 12.6. The minimum Gasteiger partial charge on any atom is -0.437 e. The fourth-order valence-electron chi connectivity index (χ4n) is 4.60. The summed E-state index contributed by atoms with van der Waals surface area (Å²) in [5.74, 6) is 1.98. The number of carbonyl (C=O) groups is 1. The van der Waals surface area contributed by atoms with E-state index in [1.54, 1.807) is 6.07 Å². The maximum atomic E-state index is 11.7. The van der Waals surface area contributed by atoms with E-state index in [1.807, 2.05) is 67.5 Å². The van der Waals surface area contributed by atoms with E-state index >= 15 is 0 Å². The molecular weight excluding hydrogens is 492 g/mol. The van der Waals surface area contributed by atoms with Crippen LogP contribution in [0.4, 0.5) is 10.5 Å². The number of imidazole rings is 1. The number of nitriles is 1. The first-order valence-corrected chi connectivity index (χ1v) is 12.6. The second-order valence-electron chi connectivity index (χ2n) is 9.31. The number of fused-ring (bicyclic) bond motifs is 1. The van der Waals surface area contributed by atoms with Crippen LogP contribution in [0, 0.1) is 18.4 Å². The summed E-state index contributed by atoms with van der Waals surface area (Å²) >= 11 is 0. The van der Waals surface area contributed by atoms with Gasteiger partial charge in [0.2, 0.25) is 12.2 Å². The number of carbonyl (C=O) groups excluding carboxylic acids is 1. The van der Waals surface area contributed by atoms with E-state index in [9.17, 15) is 10.1 Å². The van der Waals surface area contributed by atoms with E-state index in [4.69, 9.17) is 9.72 Å². The molecule has 0 atom stereocenters. The molecule has 1 heterocycles. The monoisotopic (exact) mass is 524 g/mol. The number of rotatable bonds is 6. The van der Waals surface area contributed by atoms with Crippen molar-refractivity contribution in [3.63, 3.8) is 0 Å². The lowest BCUT2D eigenvalue weighted by Gasteiger charge is -2.26. The number of hydrogen-bond acceptors (Lipinski definition) is 6. The Morgan fingerprint density at radius 2 is 1.82 bits per heavy atom. The molecule has 9 nitrogen and oxygen atoms in total. The van der Waals surface area contributed by atoms with Crippen LogP contribution in [0.15, 0.2) is 65.7 Å². The SMILES string of the molecule is CCc1nc2c(C)cc(N(C)C(=NC#N)N(C)C)cc2n1Cc1ccc(-c2ccccc2OC(=O)OC)cc1. The molecule has 9 heteroatoms. The lowest BCUT2D eigenvalue weighted by Crippen LogP contribution is -2.38. The number of benzene rings is 3. The van der Waals surface area contributed by atoms with Crippen LogP contribution in [-0.4, -0.2) is 54.8 Å². The van der Waals surface area contributed by atoms with Crippen molar-refractivity contribution in [3.8, 4) is 23.1 Å². The van der Waals surface area contributed by atoms with Gasteiger partial charge in [0.15, 0.2) is 0 Å². The largest absolute Gasteiger partial charge is 0.513 e. The van der Waals surface area contributed by atoms with Gasteiger partial charge in [0.25, 0.3) is 0 Å². The lowest BCUT2D eigenvalue weighted by atomic mass is 10.0. The molecule has 0 amide bonds. The number of hydrogen-bond donors (Lipinski definition) is 0. The van der Waals surface area contributed by atoms with Gasteiger partial charge in [-0.1, -0.05) is 49.4 Å². The highest BCUT2D eigenvalue weighted by Crippen LogP contribution is 2.31. The van der Waals surface area contributed by atoms with Crippen LogP contribution in [0.1, 0.15) is 23.9 Å². The number of para-hydroxylation sites is 1. The standard InChI is InChI=1S/C30H32N6O3/c1-7-27-33-28-20(2)16-23(35(5)29(32-19-31)34(3)4)17-25(28)36(27)18-21-12-14-22(15-13-21)24-10-8-9-11-26(24)39-30(37)38-6/h8-17H,7,18H2,1-6H3. The van der Waals surface area contributed by atoms with Gasteiger partial charge in [-0.25, -0.2) is 9.78 Å². The summed E-state index contributed by atoms with van der Waals surface area (Å²) in [6.45, 7) is 4.79. The summed E-state index contributed by atoms with van der Waals surface area (Å²) in [7, 11) is 6.91. The number of ether oxygens (including phenoxy) is 2. The van der Waals surface area contributed by atoms with Gasteiger partial charge in [0.1, 0.15) is 11.6 Å². The molecular formula is C30H32N6O3. The molecule has 0 aliphatic carbocycles. The number of aryl methyl sites for hydroxylation is 2. The molecule has 3 aromatic carbocycles. The fraction of sp³-hybridized carbons (Fsp3) is 0.267. The number of methoxy groups -OCH3 is 1. The Labute approximate surface area is 228 Å². The summed E-state index contributed by atoms with van der Waals surface area (Å²) in [6, 6.07) is 19.7. The molecule has 0 N–H and O–H groups in total. The van der Waals surface area contributed by atoms with Gasteiger partial charge in [0, 0.05) is 45.4 Å². The molecule has 4 aromatic rings. The zero-order valence-corrected chi connectivity index (χ0v) is 23.1. The highest BCUT2D eigenvalue weighted by molar-refractivity contribution is 5.98. The van der Waals surface area contributed by atoms with Crippen molar-refractivity contribution < 1.29 is 14.3 Å². The van der Waals surface area contributed by atoms with Crippen LogP contribution in [0.2, 0.25) is 0 Å². The van der Waals surface area contributed by atoms with Crippen molar-refractivity contribution in [1.29, 1.82) is 5.26 Å². The minimum absolute atomic E-state index is 0.440. The molecule has 0 radical (unpaired) electrons. The van der Waals surface area contributed by atoms with Gasteiger partial charge in [-0.15, -0.1) is 4.99 Å². The zero-order valence-electron chi connectivity index (χ0n) is 23.1. The quantitative estimate of drug-likeness (QED) is 0.106. The van der Waals surface area contributed by atoms with Crippen molar-refractivity contribution in [2.75, 3.05) is 33.2 Å². The van der Waals surface area contributed by atoms with Gasteiger partial charge in [-0.05, 0) is 41.8 Å². The smallest absolute Gasteiger partial charge is 0.437 e. The summed E-state index contributed by atoms with van der Waals surface area (Å²) in [5, 5.41) is 9.18. The first kappa shape index (κ1) is 27.2. The van der Waals surface area contributed by atoms with Crippen LogP contribution < -0.4 is 9.64 Å². The molecule has 0 fully saturated rings. The Morgan fingerprint density at radius 1 is 1.10 bits per heavy atom. The van der Waals surface area contributed by atoms with Crippen LogP contribution in [0.5, 0.6) is 5.75 Å². The predicted molar refractivity (Wildman–Crippen MR) is 153 cm³/mol. The molecule has 0 unspecified atom stereocenters. The van der Waals surface area contributed by atoms with Crippen molar-refractivity contribution in [2.45, 2.75) is 26.8 Å². The van der Waals surface area contributed by atoms with Crippen LogP contribution in [-0.2, 0) is 17.7 Å². The highest BCUT2D eigenvalue weighted by Gasteiger charge is 2.18. The van der Waals surface area contributed by atoms with Gasteiger partial charge < -0.3 is 23.8 Å². The third-order valence-corrected chi connectivity index (χ3v) is 6.51. The van der Waals surface area contributed by atoms with Crippen LogP contribution in [0.3, 0.4) is 0 Å². The second kappa shape index (κ2) is 11.7. The van der Waals surface area contributed by atoms with E-state index in [1.165, 1.54) is 7.11 Å². The van der Waals surface area contributed by atoms with Crippen molar-refractivity contribution in [2.24, 2.45) is 4.99 Å². The van der Waals surface area contributed by atoms with Crippen molar-refractivity contribution >= 4 is 28.8 Å². The molecule has 0 bridgehead atoms. The number of nitrogens with zero attached hydrogens (tertiary/aromatic N) is 6. The first-order chi connectivity index (χ1) is 18.8. The Balaban J connectivity index is 1.70. The normalized spacial score (nSPS) is 11.3. The van der Waals surface area contributed by atoms with E-state index in [0.29, 0.717) is 18.3 Å². The fourth-order valence-corrected chi connectivity index (χ4v) is 4.60. The predicted octanol–water partition coefficient (Wildman–Crippen LogP) is 5.60. The van der Waals surface area contributed by atoms with E-state index in [0.717, 1.165) is 51.2 Å². The molecule has 0 spiro atoms. The molecule has 0 saturated heterocycles. The third-order valence-electron chi connectivity index (χ3n) is 6.51. The molecule has 39 heavy (non-hydrogen) atoms. The summed E-state index contributed by atoms with van der Waals surface area (Å²) in [5.41, 5.74) is 6.78. The maximum absolute atomic E-state index is 11.7. The summed E-state index contributed by atoms with van der Waals surface area (Å²) < 4.78 is 12.2. The van der Waals surface area contributed by atoms with Gasteiger partial charge in [-0.3, -0.25) is 0 Å². The Hall–Kier alpha value is -4.84. The molecule has 0 aliphatic heterocycles. The number of aliphatic imine (C=N–C) groups is 1.